The van der Waals surface area contributed by atoms with E-state index in [0.717, 1.165) is 25.9 Å². The molecule has 1 aromatic heterocycles. The van der Waals surface area contributed by atoms with Crippen LogP contribution in [0.3, 0.4) is 0 Å². The quantitative estimate of drug-likeness (QED) is 0.662. The van der Waals surface area contributed by atoms with Gasteiger partial charge in [0.05, 0.1) is 10.0 Å². The van der Waals surface area contributed by atoms with E-state index in [1.807, 2.05) is 7.05 Å². The second kappa shape index (κ2) is 6.13. The van der Waals surface area contributed by atoms with Crippen molar-refractivity contribution in [2.75, 3.05) is 37.5 Å². The topological polar surface area (TPSA) is 57.4 Å². The first-order valence-corrected chi connectivity index (χ1v) is 7.02. The molecule has 1 fully saturated rings. The molecule has 0 spiro atoms. The van der Waals surface area contributed by atoms with Crippen LogP contribution < -0.4 is 16.2 Å². The molecule has 0 atom stereocenters. The third-order valence-corrected chi connectivity index (χ3v) is 4.18. The van der Waals surface area contributed by atoms with Crippen LogP contribution in [0.25, 0.3) is 0 Å². The van der Waals surface area contributed by atoms with E-state index in [4.69, 9.17) is 29.0 Å². The molecule has 19 heavy (non-hydrogen) atoms. The Bertz CT molecular complexity index is 446. The normalized spacial score (nSPS) is 17.5. The van der Waals surface area contributed by atoms with Gasteiger partial charge in [-0.1, -0.05) is 23.2 Å². The SMILES string of the molecule is CN1CCC(N(C)c2nc(NN)c(Cl)cc2Cl)CC1. The molecule has 2 heterocycles. The van der Waals surface area contributed by atoms with Crippen molar-refractivity contribution in [3.05, 3.63) is 16.1 Å². The Morgan fingerprint density at radius 2 is 2.00 bits per heavy atom. The molecule has 0 aromatic carbocycles. The van der Waals surface area contributed by atoms with Crippen molar-refractivity contribution in [3.8, 4) is 0 Å². The Morgan fingerprint density at radius 3 is 2.58 bits per heavy atom. The first kappa shape index (κ1) is 14.7. The minimum atomic E-state index is 0.424. The molecule has 3 N–H and O–H groups in total. The molecule has 0 radical (unpaired) electrons. The van der Waals surface area contributed by atoms with Crippen molar-refractivity contribution in [1.82, 2.24) is 9.88 Å². The van der Waals surface area contributed by atoms with Gasteiger partial charge in [0.2, 0.25) is 0 Å². The lowest BCUT2D eigenvalue weighted by atomic mass is 10.0. The number of hydrogen-bond donors (Lipinski definition) is 2. The fourth-order valence-electron chi connectivity index (χ4n) is 2.36. The summed E-state index contributed by atoms with van der Waals surface area (Å²) in [5.41, 5.74) is 2.49. The number of piperidine rings is 1. The molecule has 5 nitrogen and oxygen atoms in total. The van der Waals surface area contributed by atoms with E-state index in [1.165, 1.54) is 0 Å². The number of nitrogen functional groups attached to an aromatic ring is 1. The van der Waals surface area contributed by atoms with Crippen LogP contribution in [0, 0.1) is 0 Å². The van der Waals surface area contributed by atoms with Crippen molar-refractivity contribution in [2.24, 2.45) is 5.84 Å². The molecule has 1 aliphatic heterocycles. The number of halogens is 2. The van der Waals surface area contributed by atoms with Crippen LogP contribution in [0.4, 0.5) is 11.6 Å². The van der Waals surface area contributed by atoms with E-state index < -0.39 is 0 Å². The minimum absolute atomic E-state index is 0.424. The maximum Gasteiger partial charge on any atom is 0.161 e. The number of nitrogens with two attached hydrogens (primary N) is 1. The lowest BCUT2D eigenvalue weighted by Gasteiger charge is -2.36. The molecule has 1 aliphatic rings. The molecule has 0 saturated carbocycles. The molecule has 1 saturated heterocycles. The monoisotopic (exact) mass is 303 g/mol. The van der Waals surface area contributed by atoms with Gasteiger partial charge in [-0.15, -0.1) is 0 Å². The van der Waals surface area contributed by atoms with E-state index in [0.29, 0.717) is 27.7 Å². The summed E-state index contributed by atoms with van der Waals surface area (Å²) in [6, 6.07) is 2.11. The van der Waals surface area contributed by atoms with Gasteiger partial charge in [0, 0.05) is 13.1 Å². The molecule has 0 bridgehead atoms. The standard InChI is InChI=1S/C12H19Cl2N5/c1-18-5-3-8(4-6-18)19(2)12-10(14)7-9(13)11(16-12)17-15/h7-8H,3-6,15H2,1-2H3,(H,16,17). The number of aromatic nitrogens is 1. The van der Waals surface area contributed by atoms with Crippen molar-refractivity contribution in [2.45, 2.75) is 18.9 Å². The summed E-state index contributed by atoms with van der Waals surface area (Å²) < 4.78 is 0. The third kappa shape index (κ3) is 3.23. The van der Waals surface area contributed by atoms with Gasteiger partial charge in [-0.05, 0) is 39.0 Å². The number of nitrogens with zero attached hydrogens (tertiary/aromatic N) is 3. The summed E-state index contributed by atoms with van der Waals surface area (Å²) in [5.74, 6) is 6.56. The molecular formula is C12H19Cl2N5. The average Bonchev–Trinajstić information content (AvgIpc) is 2.39. The predicted octanol–water partition coefficient (Wildman–Crippen LogP) is 2.20. The second-order valence-electron chi connectivity index (χ2n) is 4.91. The predicted molar refractivity (Wildman–Crippen MR) is 81.0 cm³/mol. The maximum absolute atomic E-state index is 6.23. The second-order valence-corrected chi connectivity index (χ2v) is 5.73. The first-order chi connectivity index (χ1) is 9.02. The Balaban J connectivity index is 2.21. The zero-order valence-corrected chi connectivity index (χ0v) is 12.7. The van der Waals surface area contributed by atoms with E-state index in [-0.39, 0.29) is 0 Å². The summed E-state index contributed by atoms with van der Waals surface area (Å²) in [6.45, 7) is 2.17. The van der Waals surface area contributed by atoms with Gasteiger partial charge < -0.3 is 15.2 Å². The smallest absolute Gasteiger partial charge is 0.161 e. The summed E-state index contributed by atoms with van der Waals surface area (Å²) in [5, 5.41) is 0.971. The largest absolute Gasteiger partial charge is 0.355 e. The first-order valence-electron chi connectivity index (χ1n) is 6.27. The van der Waals surface area contributed by atoms with Gasteiger partial charge in [-0.25, -0.2) is 10.8 Å². The van der Waals surface area contributed by atoms with Gasteiger partial charge in [0.1, 0.15) is 5.82 Å². The van der Waals surface area contributed by atoms with Crippen LogP contribution in [-0.4, -0.2) is 43.1 Å². The number of likely N-dealkylation sites (tertiary alicyclic amines) is 1. The fourth-order valence-corrected chi connectivity index (χ4v) is 2.91. The highest BCUT2D eigenvalue weighted by Crippen LogP contribution is 2.32. The van der Waals surface area contributed by atoms with Gasteiger partial charge >= 0.3 is 0 Å². The lowest BCUT2D eigenvalue weighted by Crippen LogP contribution is -2.42. The van der Waals surface area contributed by atoms with E-state index >= 15 is 0 Å². The molecule has 106 valence electrons. The van der Waals surface area contributed by atoms with E-state index in [9.17, 15) is 0 Å². The van der Waals surface area contributed by atoms with Crippen LogP contribution in [-0.2, 0) is 0 Å². The lowest BCUT2D eigenvalue weighted by molar-refractivity contribution is 0.252. The van der Waals surface area contributed by atoms with Crippen molar-refractivity contribution in [3.63, 3.8) is 0 Å². The van der Waals surface area contributed by atoms with E-state index in [2.05, 4.69) is 27.3 Å². The van der Waals surface area contributed by atoms with Crippen molar-refractivity contribution < 1.29 is 0 Å². The number of rotatable bonds is 3. The molecule has 1 aromatic rings. The highest BCUT2D eigenvalue weighted by Gasteiger charge is 2.23. The van der Waals surface area contributed by atoms with Crippen LogP contribution in [0.15, 0.2) is 6.07 Å². The number of hydrazine groups is 1. The van der Waals surface area contributed by atoms with Gasteiger partial charge in [0.15, 0.2) is 5.82 Å². The number of nitrogens with one attached hydrogen (secondary N) is 1. The average molecular weight is 304 g/mol. The fraction of sp³-hybridized carbons (Fsp3) is 0.583. The zero-order chi connectivity index (χ0) is 14.0. The van der Waals surface area contributed by atoms with Crippen LogP contribution >= 0.6 is 23.2 Å². The molecular weight excluding hydrogens is 285 g/mol. The summed E-state index contributed by atoms with van der Waals surface area (Å²) >= 11 is 12.2. The number of anilines is 2. The Labute approximate surface area is 123 Å². The summed E-state index contributed by atoms with van der Waals surface area (Å²) in [4.78, 5) is 8.84. The molecule has 7 heteroatoms. The van der Waals surface area contributed by atoms with Gasteiger partial charge in [-0.3, -0.25) is 0 Å². The minimum Gasteiger partial charge on any atom is -0.355 e. The Hall–Kier alpha value is -0.750. The highest BCUT2D eigenvalue weighted by molar-refractivity contribution is 6.37. The number of pyridine rings is 1. The zero-order valence-electron chi connectivity index (χ0n) is 11.2. The van der Waals surface area contributed by atoms with Crippen molar-refractivity contribution >= 4 is 34.8 Å². The maximum atomic E-state index is 6.23. The molecule has 0 unspecified atom stereocenters. The molecule has 0 aliphatic carbocycles. The van der Waals surface area contributed by atoms with Gasteiger partial charge in [-0.2, -0.15) is 0 Å². The van der Waals surface area contributed by atoms with Crippen LogP contribution in [0.5, 0.6) is 0 Å². The molecule has 2 rings (SSSR count). The summed E-state index contributed by atoms with van der Waals surface area (Å²) in [6.07, 6.45) is 2.19. The summed E-state index contributed by atoms with van der Waals surface area (Å²) in [7, 11) is 4.15. The van der Waals surface area contributed by atoms with Gasteiger partial charge in [0.25, 0.3) is 0 Å². The Morgan fingerprint density at radius 1 is 1.37 bits per heavy atom. The third-order valence-electron chi connectivity index (χ3n) is 3.62. The van der Waals surface area contributed by atoms with E-state index in [1.54, 1.807) is 6.07 Å². The molecule has 0 amide bonds. The van der Waals surface area contributed by atoms with Crippen LogP contribution in [0.1, 0.15) is 12.8 Å². The van der Waals surface area contributed by atoms with Crippen molar-refractivity contribution in [1.29, 1.82) is 0 Å². The Kier molecular flexibility index (Phi) is 4.73. The number of hydrogen-bond acceptors (Lipinski definition) is 5. The highest BCUT2D eigenvalue weighted by atomic mass is 35.5. The van der Waals surface area contributed by atoms with Crippen LogP contribution in [0.2, 0.25) is 10.0 Å².